The minimum atomic E-state index is 0.564. The van der Waals surface area contributed by atoms with Crippen LogP contribution in [0.25, 0.3) is 0 Å². The van der Waals surface area contributed by atoms with Gasteiger partial charge in [-0.2, -0.15) is 0 Å². The first-order valence-electron chi connectivity index (χ1n) is 6.75. The second kappa shape index (κ2) is 4.56. The van der Waals surface area contributed by atoms with Crippen LogP contribution in [0.2, 0.25) is 0 Å². The van der Waals surface area contributed by atoms with E-state index in [4.69, 9.17) is 0 Å². The molecular formula is C15H21NS. The van der Waals surface area contributed by atoms with Crippen LogP contribution in [0.3, 0.4) is 0 Å². The lowest BCUT2D eigenvalue weighted by atomic mass is 9.75. The summed E-state index contributed by atoms with van der Waals surface area (Å²) in [7, 11) is 0. The maximum Gasteiger partial charge on any atom is 0.0508 e. The number of aryl methyl sites for hydroxylation is 1. The van der Waals surface area contributed by atoms with Gasteiger partial charge in [0.1, 0.15) is 0 Å². The summed E-state index contributed by atoms with van der Waals surface area (Å²) in [5.41, 5.74) is 3.34. The lowest BCUT2D eigenvalue weighted by Crippen LogP contribution is -2.33. The smallest absolute Gasteiger partial charge is 0.0508 e. The Kier molecular flexibility index (Phi) is 3.08. The monoisotopic (exact) mass is 247 g/mol. The van der Waals surface area contributed by atoms with Gasteiger partial charge in [0, 0.05) is 17.2 Å². The minimum absolute atomic E-state index is 0.564. The van der Waals surface area contributed by atoms with Gasteiger partial charge < -0.3 is 5.32 Å². The largest absolute Gasteiger partial charge is 0.383 e. The molecule has 0 saturated heterocycles. The fourth-order valence-corrected chi connectivity index (χ4v) is 4.57. The fraction of sp³-hybridized carbons (Fsp3) is 0.600. The Morgan fingerprint density at radius 2 is 2.00 bits per heavy atom. The number of benzene rings is 1. The zero-order valence-electron chi connectivity index (χ0n) is 10.6. The molecule has 0 bridgehead atoms. The first kappa shape index (κ1) is 11.5. The summed E-state index contributed by atoms with van der Waals surface area (Å²) in [6, 6.07) is 6.66. The molecule has 0 amide bonds. The van der Waals surface area contributed by atoms with Crippen molar-refractivity contribution in [3.05, 3.63) is 23.8 Å². The second-order valence-corrected chi connectivity index (χ2v) is 6.67. The highest BCUT2D eigenvalue weighted by atomic mass is 32.2. The number of hydrogen-bond acceptors (Lipinski definition) is 2. The van der Waals surface area contributed by atoms with Crippen molar-refractivity contribution in [1.82, 2.24) is 0 Å². The molecule has 1 fully saturated rings. The van der Waals surface area contributed by atoms with Crippen LogP contribution in [0.1, 0.15) is 37.7 Å². The van der Waals surface area contributed by atoms with Gasteiger partial charge in [-0.3, -0.25) is 0 Å². The van der Waals surface area contributed by atoms with Crippen LogP contribution in [0.4, 0.5) is 5.69 Å². The maximum atomic E-state index is 3.73. The van der Waals surface area contributed by atoms with E-state index in [0.717, 1.165) is 0 Å². The third kappa shape index (κ3) is 2.20. The van der Waals surface area contributed by atoms with E-state index in [0.29, 0.717) is 5.41 Å². The van der Waals surface area contributed by atoms with Gasteiger partial charge in [-0.1, -0.05) is 31.4 Å². The first-order valence-corrected chi connectivity index (χ1v) is 7.74. The van der Waals surface area contributed by atoms with Crippen molar-refractivity contribution in [3.8, 4) is 0 Å². The van der Waals surface area contributed by atoms with E-state index in [2.05, 4.69) is 42.2 Å². The third-order valence-corrected chi connectivity index (χ3v) is 5.73. The zero-order chi connectivity index (χ0) is 11.7. The van der Waals surface area contributed by atoms with Crippen molar-refractivity contribution in [2.45, 2.75) is 43.9 Å². The number of anilines is 1. The molecule has 2 aliphatic rings. The number of thioether (sulfide) groups is 1. The van der Waals surface area contributed by atoms with Crippen LogP contribution < -0.4 is 5.32 Å². The van der Waals surface area contributed by atoms with Crippen LogP contribution in [-0.2, 0) is 0 Å². The first-order chi connectivity index (χ1) is 8.29. The van der Waals surface area contributed by atoms with Gasteiger partial charge in [-0.15, -0.1) is 11.8 Å². The Balaban J connectivity index is 1.85. The van der Waals surface area contributed by atoms with E-state index in [1.165, 1.54) is 60.5 Å². The number of hydrogen-bond donors (Lipinski definition) is 1. The highest BCUT2D eigenvalue weighted by Crippen LogP contribution is 2.45. The molecule has 1 aromatic carbocycles. The lowest BCUT2D eigenvalue weighted by Gasteiger charge is -2.36. The lowest BCUT2D eigenvalue weighted by molar-refractivity contribution is 0.241. The molecule has 0 aromatic heterocycles. The van der Waals surface area contributed by atoms with Gasteiger partial charge in [-0.25, -0.2) is 0 Å². The zero-order valence-corrected chi connectivity index (χ0v) is 11.4. The molecule has 1 aliphatic heterocycles. The van der Waals surface area contributed by atoms with Crippen molar-refractivity contribution in [2.75, 3.05) is 17.6 Å². The van der Waals surface area contributed by atoms with E-state index in [1.54, 1.807) is 0 Å². The molecule has 0 unspecified atom stereocenters. The summed E-state index contributed by atoms with van der Waals surface area (Å²) >= 11 is 2.07. The standard InChI is InChI=1S/C15H21NS/c1-12-6-5-7-13-14(12)16-10-15(11-17-13)8-3-2-4-9-15/h5-7,16H,2-4,8-11H2,1H3. The van der Waals surface area contributed by atoms with Gasteiger partial charge in [0.2, 0.25) is 0 Å². The van der Waals surface area contributed by atoms with Gasteiger partial charge in [0.25, 0.3) is 0 Å². The molecule has 1 aliphatic carbocycles. The molecule has 0 atom stereocenters. The summed E-state index contributed by atoms with van der Waals surface area (Å²) in [4.78, 5) is 1.45. The highest BCUT2D eigenvalue weighted by molar-refractivity contribution is 7.99. The number of rotatable bonds is 0. The van der Waals surface area contributed by atoms with Crippen molar-refractivity contribution in [3.63, 3.8) is 0 Å². The molecule has 1 heterocycles. The summed E-state index contributed by atoms with van der Waals surface area (Å²) in [6.07, 6.45) is 7.13. The topological polar surface area (TPSA) is 12.0 Å². The van der Waals surface area contributed by atoms with Gasteiger partial charge >= 0.3 is 0 Å². The Bertz CT molecular complexity index is 407. The Morgan fingerprint density at radius 3 is 2.82 bits per heavy atom. The maximum absolute atomic E-state index is 3.73. The SMILES string of the molecule is Cc1cccc2c1NCC1(CCCCC1)CS2. The Hall–Kier alpha value is -0.630. The molecule has 0 radical (unpaired) electrons. The second-order valence-electron chi connectivity index (χ2n) is 5.65. The predicted molar refractivity (Wildman–Crippen MR) is 75.9 cm³/mol. The van der Waals surface area contributed by atoms with Crippen LogP contribution in [0.15, 0.2) is 23.1 Å². The number of fused-ring (bicyclic) bond motifs is 1. The molecule has 1 nitrogen and oxygen atoms in total. The van der Waals surface area contributed by atoms with Gasteiger partial charge in [-0.05, 0) is 36.8 Å². The quantitative estimate of drug-likeness (QED) is 0.726. The highest BCUT2D eigenvalue weighted by Gasteiger charge is 2.34. The van der Waals surface area contributed by atoms with Crippen LogP contribution in [0.5, 0.6) is 0 Å². The van der Waals surface area contributed by atoms with Crippen molar-refractivity contribution >= 4 is 17.4 Å². The normalized spacial score (nSPS) is 22.6. The summed E-state index contributed by atoms with van der Waals surface area (Å²) in [6.45, 7) is 3.39. The van der Waals surface area contributed by atoms with E-state index in [1.807, 2.05) is 0 Å². The van der Waals surface area contributed by atoms with E-state index in [-0.39, 0.29) is 0 Å². The van der Waals surface area contributed by atoms with E-state index in [9.17, 15) is 0 Å². The third-order valence-electron chi connectivity index (χ3n) is 4.32. The molecule has 1 N–H and O–H groups in total. The summed E-state index contributed by atoms with van der Waals surface area (Å²) in [5.74, 6) is 1.30. The van der Waals surface area contributed by atoms with Gasteiger partial charge in [0.15, 0.2) is 0 Å². The van der Waals surface area contributed by atoms with E-state index >= 15 is 0 Å². The molecule has 1 saturated carbocycles. The van der Waals surface area contributed by atoms with Crippen molar-refractivity contribution in [1.29, 1.82) is 0 Å². The molecule has 92 valence electrons. The predicted octanol–water partition coefficient (Wildman–Crippen LogP) is 4.46. The number of nitrogens with one attached hydrogen (secondary N) is 1. The average Bonchev–Trinajstić information content (AvgIpc) is 2.53. The molecule has 17 heavy (non-hydrogen) atoms. The van der Waals surface area contributed by atoms with Crippen LogP contribution in [-0.4, -0.2) is 12.3 Å². The molecule has 3 rings (SSSR count). The summed E-state index contributed by atoms with van der Waals surface area (Å²) in [5, 5.41) is 3.73. The summed E-state index contributed by atoms with van der Waals surface area (Å²) < 4.78 is 0. The molecule has 2 heteroatoms. The fourth-order valence-electron chi connectivity index (χ4n) is 3.17. The van der Waals surface area contributed by atoms with Gasteiger partial charge in [0.05, 0.1) is 5.69 Å². The van der Waals surface area contributed by atoms with Crippen LogP contribution in [0, 0.1) is 12.3 Å². The number of para-hydroxylation sites is 1. The molecule has 1 aromatic rings. The molecular weight excluding hydrogens is 226 g/mol. The van der Waals surface area contributed by atoms with E-state index < -0.39 is 0 Å². The average molecular weight is 247 g/mol. The van der Waals surface area contributed by atoms with Crippen molar-refractivity contribution < 1.29 is 0 Å². The Morgan fingerprint density at radius 1 is 1.18 bits per heavy atom. The Labute approximate surface area is 108 Å². The minimum Gasteiger partial charge on any atom is -0.383 e. The molecule has 1 spiro atoms. The van der Waals surface area contributed by atoms with Crippen molar-refractivity contribution in [2.24, 2.45) is 5.41 Å². The van der Waals surface area contributed by atoms with Crippen LogP contribution >= 0.6 is 11.8 Å².